The molecule has 0 amide bonds. The number of guanidine groups is 1. The van der Waals surface area contributed by atoms with Crippen LogP contribution >= 0.6 is 0 Å². The summed E-state index contributed by atoms with van der Waals surface area (Å²) in [6.07, 6.45) is 0. The quantitative estimate of drug-likeness (QED) is 0.357. The molecule has 0 aromatic rings. The van der Waals surface area contributed by atoms with Crippen molar-refractivity contribution in [3.8, 4) is 0 Å². The maximum atomic E-state index is 9.69. The van der Waals surface area contributed by atoms with Gasteiger partial charge < -0.3 is 16.6 Å². The number of hydrogen-bond acceptors (Lipinski definition) is 2. The van der Waals surface area contributed by atoms with Crippen LogP contribution < -0.4 is 11.5 Å². The molecule has 0 spiro atoms. The van der Waals surface area contributed by atoms with E-state index >= 15 is 0 Å². The van der Waals surface area contributed by atoms with Crippen molar-refractivity contribution in [3.05, 3.63) is 0 Å². The van der Waals surface area contributed by atoms with Gasteiger partial charge in [-0.15, -0.1) is 0 Å². The molecule has 0 aliphatic carbocycles. The molecule has 0 heterocycles. The zero-order chi connectivity index (χ0) is 8.57. The molecule has 0 radical (unpaired) electrons. The monoisotopic (exact) mass is 147 g/mol. The van der Waals surface area contributed by atoms with Crippen molar-refractivity contribution < 1.29 is 9.90 Å². The molecule has 0 rings (SSSR count). The van der Waals surface area contributed by atoms with Crippen molar-refractivity contribution in [1.82, 2.24) is 0 Å². The minimum Gasteiger partial charge on any atom is -0.480 e. The van der Waals surface area contributed by atoms with Crippen LogP contribution in [0.3, 0.4) is 0 Å². The highest BCUT2D eigenvalue weighted by molar-refractivity contribution is 5.79. The lowest BCUT2D eigenvalue weighted by atomic mass is 10.7. The number of carboxylic acids is 1. The normalized spacial score (nSPS) is 7.00. The van der Waals surface area contributed by atoms with Crippen LogP contribution in [0, 0.1) is 0 Å². The maximum absolute atomic E-state index is 9.69. The van der Waals surface area contributed by atoms with Crippen LogP contribution in [0.25, 0.3) is 0 Å². The number of aliphatic carboxylic acids is 1. The third kappa shape index (κ3) is 15.9. The van der Waals surface area contributed by atoms with Crippen LogP contribution in [0.15, 0.2) is 4.99 Å². The van der Waals surface area contributed by atoms with E-state index in [1.807, 2.05) is 13.8 Å². The Morgan fingerprint density at radius 3 is 2.00 bits per heavy atom. The zero-order valence-electron chi connectivity index (χ0n) is 6.16. The van der Waals surface area contributed by atoms with Crippen molar-refractivity contribution in [1.29, 1.82) is 0 Å². The minimum absolute atomic E-state index is 0.201. The van der Waals surface area contributed by atoms with E-state index in [2.05, 4.69) is 4.99 Å². The highest BCUT2D eigenvalue weighted by Crippen LogP contribution is 1.65. The summed E-state index contributed by atoms with van der Waals surface area (Å²) in [5, 5.41) is 7.94. The molecule has 5 nitrogen and oxygen atoms in total. The fraction of sp³-hybridized carbons (Fsp3) is 0.600. The Hall–Kier alpha value is -1.26. The first kappa shape index (κ1) is 11.5. The van der Waals surface area contributed by atoms with Crippen LogP contribution in [0.2, 0.25) is 0 Å². The third-order valence-corrected chi connectivity index (χ3v) is 0.397. The molecule has 0 bridgehead atoms. The van der Waals surface area contributed by atoms with Gasteiger partial charge in [0.05, 0.1) is 0 Å². The number of carbonyl (C=O) groups is 1. The Kier molecular flexibility index (Phi) is 8.92. The van der Waals surface area contributed by atoms with Gasteiger partial charge in [-0.2, -0.15) is 0 Å². The average molecular weight is 147 g/mol. The Balaban J connectivity index is 0. The number of rotatable bonds is 2. The summed E-state index contributed by atoms with van der Waals surface area (Å²) in [5.41, 5.74) is 9.61. The van der Waals surface area contributed by atoms with E-state index in [1.165, 1.54) is 0 Å². The first-order chi connectivity index (χ1) is 4.63. The minimum atomic E-state index is -1.04. The lowest BCUT2D eigenvalue weighted by Gasteiger charge is -1.85. The van der Waals surface area contributed by atoms with Crippen LogP contribution in [-0.4, -0.2) is 23.6 Å². The molecule has 0 fully saturated rings. The molecule has 5 heteroatoms. The van der Waals surface area contributed by atoms with Gasteiger partial charge in [-0.05, 0) is 0 Å². The molecule has 0 saturated heterocycles. The Morgan fingerprint density at radius 2 is 1.90 bits per heavy atom. The summed E-state index contributed by atoms with van der Waals surface area (Å²) in [6.45, 7) is 3.64. The van der Waals surface area contributed by atoms with Gasteiger partial charge >= 0.3 is 5.97 Å². The van der Waals surface area contributed by atoms with Crippen molar-refractivity contribution in [2.45, 2.75) is 13.8 Å². The fourth-order valence-electron chi connectivity index (χ4n) is 0.159. The zero-order valence-corrected chi connectivity index (χ0v) is 6.16. The van der Waals surface area contributed by atoms with Crippen molar-refractivity contribution in [2.75, 3.05) is 6.54 Å². The Morgan fingerprint density at radius 1 is 1.50 bits per heavy atom. The van der Waals surface area contributed by atoms with Gasteiger partial charge in [-0.25, -0.2) is 4.99 Å². The standard InChI is InChI=1S/C3H7N3O2.C2H6/c4-3(5)6-1-2(7)8;1-2/h1H2,(H,7,8)(H4,4,5,6);1-2H3. The van der Waals surface area contributed by atoms with Gasteiger partial charge in [0.1, 0.15) is 6.54 Å². The molecular formula is C5H13N3O2. The first-order valence-electron chi connectivity index (χ1n) is 2.90. The maximum Gasteiger partial charge on any atom is 0.325 e. The van der Waals surface area contributed by atoms with Crippen LogP contribution in [0.1, 0.15) is 13.8 Å². The fourth-order valence-corrected chi connectivity index (χ4v) is 0.159. The van der Waals surface area contributed by atoms with Gasteiger partial charge in [-0.1, -0.05) is 13.8 Å². The van der Waals surface area contributed by atoms with E-state index in [-0.39, 0.29) is 12.5 Å². The highest BCUT2D eigenvalue weighted by atomic mass is 16.4. The van der Waals surface area contributed by atoms with Gasteiger partial charge in [0.2, 0.25) is 0 Å². The predicted molar refractivity (Wildman–Crippen MR) is 39.7 cm³/mol. The van der Waals surface area contributed by atoms with Crippen molar-refractivity contribution in [3.63, 3.8) is 0 Å². The largest absolute Gasteiger partial charge is 0.480 e. The topological polar surface area (TPSA) is 102 Å². The molecule has 0 unspecified atom stereocenters. The molecule has 0 aromatic carbocycles. The summed E-state index contributed by atoms with van der Waals surface area (Å²) in [4.78, 5) is 12.9. The summed E-state index contributed by atoms with van der Waals surface area (Å²) in [6, 6.07) is 0. The van der Waals surface area contributed by atoms with Crippen molar-refractivity contribution >= 4 is 11.9 Å². The van der Waals surface area contributed by atoms with E-state index in [4.69, 9.17) is 16.6 Å². The second kappa shape index (κ2) is 7.74. The molecule has 5 N–H and O–H groups in total. The van der Waals surface area contributed by atoms with Crippen molar-refractivity contribution in [2.24, 2.45) is 16.5 Å². The van der Waals surface area contributed by atoms with E-state index in [1.54, 1.807) is 0 Å². The molecular weight excluding hydrogens is 134 g/mol. The molecule has 0 aliphatic rings. The highest BCUT2D eigenvalue weighted by Gasteiger charge is 1.90. The number of hydrogen-bond donors (Lipinski definition) is 3. The van der Waals surface area contributed by atoms with Crippen LogP contribution in [0.5, 0.6) is 0 Å². The second-order valence-corrected chi connectivity index (χ2v) is 1.13. The lowest BCUT2D eigenvalue weighted by molar-refractivity contribution is -0.135. The third-order valence-electron chi connectivity index (χ3n) is 0.397. The molecule has 0 atom stereocenters. The van der Waals surface area contributed by atoms with Gasteiger partial charge in [-0.3, -0.25) is 4.79 Å². The van der Waals surface area contributed by atoms with Crippen LogP contribution in [-0.2, 0) is 4.79 Å². The molecule has 60 valence electrons. The number of nitrogens with two attached hydrogens (primary N) is 2. The summed E-state index contributed by atoms with van der Waals surface area (Å²) in [5.74, 6) is -1.24. The lowest BCUT2D eigenvalue weighted by Crippen LogP contribution is -2.24. The number of aliphatic imine (C=N–C) groups is 1. The van der Waals surface area contributed by atoms with E-state index < -0.39 is 5.97 Å². The Bertz CT molecular complexity index is 118. The van der Waals surface area contributed by atoms with E-state index in [9.17, 15) is 4.79 Å². The predicted octanol–water partition coefficient (Wildman–Crippen LogP) is -0.629. The summed E-state index contributed by atoms with van der Waals surface area (Å²) < 4.78 is 0. The second-order valence-electron chi connectivity index (χ2n) is 1.13. The molecule has 10 heavy (non-hydrogen) atoms. The van der Waals surface area contributed by atoms with Crippen LogP contribution in [0.4, 0.5) is 0 Å². The van der Waals surface area contributed by atoms with E-state index in [0.717, 1.165) is 0 Å². The van der Waals surface area contributed by atoms with Gasteiger partial charge in [0.25, 0.3) is 0 Å². The summed E-state index contributed by atoms with van der Waals surface area (Å²) in [7, 11) is 0. The summed E-state index contributed by atoms with van der Waals surface area (Å²) >= 11 is 0. The average Bonchev–Trinajstić information content (AvgIpc) is 1.89. The number of nitrogens with zero attached hydrogens (tertiary/aromatic N) is 1. The molecule has 0 aliphatic heterocycles. The molecule has 0 saturated carbocycles. The Labute approximate surface area is 59.7 Å². The molecule has 0 aromatic heterocycles. The smallest absolute Gasteiger partial charge is 0.325 e. The number of carboxylic acid groups (broad SMARTS) is 1. The van der Waals surface area contributed by atoms with E-state index in [0.29, 0.717) is 0 Å². The first-order valence-corrected chi connectivity index (χ1v) is 2.90. The van der Waals surface area contributed by atoms with Gasteiger partial charge in [0, 0.05) is 0 Å². The van der Waals surface area contributed by atoms with Gasteiger partial charge in [0.15, 0.2) is 5.96 Å². The SMILES string of the molecule is CC.NC(N)=NCC(=O)O.